The fourth-order valence-corrected chi connectivity index (χ4v) is 4.85. The number of hydrogen-bond acceptors (Lipinski definition) is 4. The van der Waals surface area contributed by atoms with Crippen molar-refractivity contribution in [2.45, 2.75) is 46.2 Å². The largest absolute Gasteiger partial charge is 0.357 e. The maximum Gasteiger partial charge on any atom is 0.242 e. The number of anilines is 1. The number of halogens is 1. The molecule has 0 bridgehead atoms. The Morgan fingerprint density at radius 1 is 1.09 bits per heavy atom. The van der Waals surface area contributed by atoms with Gasteiger partial charge in [0.25, 0.3) is 0 Å². The fraction of sp³-hybridized carbons (Fsp3) is 0.417. The van der Waals surface area contributed by atoms with Gasteiger partial charge in [-0.25, -0.2) is 8.42 Å². The molecule has 0 spiro atoms. The van der Waals surface area contributed by atoms with E-state index in [1.165, 1.54) is 22.5 Å². The zero-order valence-electron chi connectivity index (χ0n) is 19.8. The second-order valence-electron chi connectivity index (χ2n) is 8.10. The molecule has 9 heteroatoms. The molecule has 0 aliphatic rings. The first-order valence-electron chi connectivity index (χ1n) is 10.7. The summed E-state index contributed by atoms with van der Waals surface area (Å²) in [5.74, 6) is -0.461. The van der Waals surface area contributed by atoms with Crippen LogP contribution in [0.25, 0.3) is 0 Å². The first-order chi connectivity index (χ1) is 15.5. The predicted octanol–water partition coefficient (Wildman–Crippen LogP) is 3.78. The second-order valence-corrected chi connectivity index (χ2v) is 10.9. The summed E-state index contributed by atoms with van der Waals surface area (Å²) in [5, 5.41) is 2.59. The van der Waals surface area contributed by atoms with Crippen LogP contribution in [0.4, 0.5) is 5.69 Å². The summed E-state index contributed by atoms with van der Waals surface area (Å²) >= 11 is 3.40. The van der Waals surface area contributed by atoms with Crippen LogP contribution >= 0.6 is 15.9 Å². The van der Waals surface area contributed by atoms with Gasteiger partial charge in [0.15, 0.2) is 0 Å². The van der Waals surface area contributed by atoms with Crippen molar-refractivity contribution in [3.05, 3.63) is 63.6 Å². The minimum atomic E-state index is -3.52. The Labute approximate surface area is 205 Å². The Morgan fingerprint density at radius 3 is 2.30 bits per heavy atom. The number of aryl methyl sites for hydroxylation is 1. The lowest BCUT2D eigenvalue weighted by atomic mass is 10.1. The van der Waals surface area contributed by atoms with E-state index in [0.29, 0.717) is 12.1 Å². The normalized spacial score (nSPS) is 12.2. The van der Waals surface area contributed by atoms with Crippen LogP contribution in [0.3, 0.4) is 0 Å². The van der Waals surface area contributed by atoms with Crippen molar-refractivity contribution in [1.82, 2.24) is 10.2 Å². The fourth-order valence-electron chi connectivity index (χ4n) is 3.57. The van der Waals surface area contributed by atoms with Gasteiger partial charge in [-0.15, -0.1) is 0 Å². The van der Waals surface area contributed by atoms with E-state index in [0.717, 1.165) is 21.2 Å². The van der Waals surface area contributed by atoms with Crippen LogP contribution in [-0.2, 0) is 26.2 Å². The van der Waals surface area contributed by atoms with E-state index in [-0.39, 0.29) is 31.3 Å². The van der Waals surface area contributed by atoms with Gasteiger partial charge in [0.05, 0.1) is 11.9 Å². The topological polar surface area (TPSA) is 86.8 Å². The number of benzene rings is 2. The molecule has 2 rings (SSSR count). The molecule has 0 radical (unpaired) electrons. The third-order valence-electron chi connectivity index (χ3n) is 5.68. The highest BCUT2D eigenvalue weighted by Crippen LogP contribution is 2.25. The van der Waals surface area contributed by atoms with Crippen LogP contribution in [0.1, 0.15) is 36.5 Å². The number of carbonyl (C=O) groups excluding carboxylic acids is 2. The lowest BCUT2D eigenvalue weighted by molar-refractivity contribution is -0.140. The Balaban J connectivity index is 2.17. The minimum absolute atomic E-state index is 0.120. The molecular weight excluding hydrogens is 506 g/mol. The van der Waals surface area contributed by atoms with Crippen molar-refractivity contribution in [3.8, 4) is 0 Å². The van der Waals surface area contributed by atoms with Crippen LogP contribution in [0, 0.1) is 13.8 Å². The summed E-state index contributed by atoms with van der Waals surface area (Å²) in [6.07, 6.45) is 1.62. The number of nitrogens with zero attached hydrogens (tertiary/aromatic N) is 2. The van der Waals surface area contributed by atoms with Crippen LogP contribution in [0.5, 0.6) is 0 Å². The third kappa shape index (κ3) is 7.30. The average Bonchev–Trinajstić information content (AvgIpc) is 2.76. The van der Waals surface area contributed by atoms with Gasteiger partial charge in [0.2, 0.25) is 21.8 Å². The Bertz CT molecular complexity index is 1090. The Kier molecular flexibility index (Phi) is 9.48. The van der Waals surface area contributed by atoms with E-state index in [9.17, 15) is 18.0 Å². The molecular formula is C24H32BrN3O4S. The van der Waals surface area contributed by atoms with Crippen LogP contribution in [0.15, 0.2) is 46.9 Å². The molecule has 2 amide bonds. The molecule has 0 unspecified atom stereocenters. The minimum Gasteiger partial charge on any atom is -0.357 e. The number of amides is 2. The molecule has 7 nitrogen and oxygen atoms in total. The number of nitrogens with one attached hydrogen (secondary N) is 1. The molecule has 0 fully saturated rings. The van der Waals surface area contributed by atoms with E-state index in [1.54, 1.807) is 13.0 Å². The van der Waals surface area contributed by atoms with Crippen molar-refractivity contribution in [1.29, 1.82) is 0 Å². The van der Waals surface area contributed by atoms with Gasteiger partial charge in [-0.3, -0.25) is 13.9 Å². The van der Waals surface area contributed by atoms with Gasteiger partial charge in [-0.1, -0.05) is 40.2 Å². The van der Waals surface area contributed by atoms with Gasteiger partial charge in [0, 0.05) is 31.0 Å². The van der Waals surface area contributed by atoms with E-state index in [2.05, 4.69) is 21.2 Å². The maximum absolute atomic E-state index is 13.1. The standard InChI is InChI=1S/C24H32BrN3O4S/c1-17-8-6-9-22(18(17)2)28(33(5,31)32)15-7-10-23(29)27(19(3)24(30)26-4)16-20-11-13-21(25)14-12-20/h6,8-9,11-14,19H,7,10,15-16H2,1-5H3,(H,26,30)/t19-/m0/s1. The average molecular weight is 539 g/mol. The lowest BCUT2D eigenvalue weighted by Gasteiger charge is -2.29. The Hall–Kier alpha value is -2.39. The highest BCUT2D eigenvalue weighted by Gasteiger charge is 2.26. The number of sulfonamides is 1. The Morgan fingerprint density at radius 2 is 1.73 bits per heavy atom. The number of hydrogen-bond donors (Lipinski definition) is 1. The van der Waals surface area contributed by atoms with Crippen LogP contribution in [-0.4, -0.2) is 51.0 Å². The second kappa shape index (κ2) is 11.7. The van der Waals surface area contributed by atoms with E-state index < -0.39 is 16.1 Å². The SMILES string of the molecule is CNC(=O)[C@H](C)N(Cc1ccc(Br)cc1)C(=O)CCCN(c1cccc(C)c1C)S(C)(=O)=O. The molecule has 1 N–H and O–H groups in total. The number of likely N-dealkylation sites (N-methyl/N-ethyl adjacent to an activating group) is 1. The zero-order chi connectivity index (χ0) is 24.8. The molecule has 2 aromatic rings. The molecule has 0 aromatic heterocycles. The third-order valence-corrected chi connectivity index (χ3v) is 7.39. The molecule has 0 saturated carbocycles. The zero-order valence-corrected chi connectivity index (χ0v) is 22.2. The molecule has 2 aromatic carbocycles. The molecule has 1 atom stereocenters. The molecule has 0 saturated heterocycles. The van der Waals surface area contributed by atoms with E-state index in [1.807, 2.05) is 50.2 Å². The van der Waals surface area contributed by atoms with Crippen molar-refractivity contribution < 1.29 is 18.0 Å². The number of carbonyl (C=O) groups is 2. The highest BCUT2D eigenvalue weighted by molar-refractivity contribution is 9.10. The smallest absolute Gasteiger partial charge is 0.242 e. The van der Waals surface area contributed by atoms with Gasteiger partial charge in [0.1, 0.15) is 6.04 Å². The van der Waals surface area contributed by atoms with Gasteiger partial charge >= 0.3 is 0 Å². The molecule has 180 valence electrons. The van der Waals surface area contributed by atoms with Crippen LogP contribution < -0.4 is 9.62 Å². The quantitative estimate of drug-likeness (QED) is 0.499. The lowest BCUT2D eigenvalue weighted by Crippen LogP contribution is -2.46. The summed E-state index contributed by atoms with van der Waals surface area (Å²) < 4.78 is 27.2. The van der Waals surface area contributed by atoms with Crippen molar-refractivity contribution in [2.75, 3.05) is 24.2 Å². The monoisotopic (exact) mass is 537 g/mol. The molecule has 0 aliphatic carbocycles. The summed E-state index contributed by atoms with van der Waals surface area (Å²) in [4.78, 5) is 26.9. The van der Waals surface area contributed by atoms with E-state index in [4.69, 9.17) is 0 Å². The predicted molar refractivity (Wildman–Crippen MR) is 136 cm³/mol. The molecule has 0 aliphatic heterocycles. The van der Waals surface area contributed by atoms with Gasteiger partial charge in [-0.05, 0) is 62.1 Å². The summed E-state index contributed by atoms with van der Waals surface area (Å²) in [6, 6.07) is 12.4. The number of rotatable bonds is 10. The first kappa shape index (κ1) is 26.9. The summed E-state index contributed by atoms with van der Waals surface area (Å²) in [6.45, 7) is 5.97. The van der Waals surface area contributed by atoms with Crippen molar-refractivity contribution in [2.24, 2.45) is 0 Å². The van der Waals surface area contributed by atoms with Gasteiger partial charge < -0.3 is 10.2 Å². The maximum atomic E-state index is 13.1. The van der Waals surface area contributed by atoms with Gasteiger partial charge in [-0.2, -0.15) is 0 Å². The molecule has 33 heavy (non-hydrogen) atoms. The molecule has 0 heterocycles. The first-order valence-corrected chi connectivity index (χ1v) is 13.4. The summed E-state index contributed by atoms with van der Waals surface area (Å²) in [7, 11) is -1.98. The summed E-state index contributed by atoms with van der Waals surface area (Å²) in [5.41, 5.74) is 3.41. The van der Waals surface area contributed by atoms with Crippen molar-refractivity contribution in [3.63, 3.8) is 0 Å². The van der Waals surface area contributed by atoms with E-state index >= 15 is 0 Å². The van der Waals surface area contributed by atoms with Crippen LogP contribution in [0.2, 0.25) is 0 Å². The highest BCUT2D eigenvalue weighted by atomic mass is 79.9. The van der Waals surface area contributed by atoms with Crippen molar-refractivity contribution >= 4 is 43.5 Å².